The number of aromatic nitrogens is 8. The first-order valence-corrected chi connectivity index (χ1v) is 26.5. The number of benzene rings is 3. The van der Waals surface area contributed by atoms with E-state index in [4.69, 9.17) is 23.2 Å². The van der Waals surface area contributed by atoms with E-state index in [2.05, 4.69) is 145 Å². The van der Waals surface area contributed by atoms with Crippen molar-refractivity contribution in [1.29, 1.82) is 0 Å². The van der Waals surface area contributed by atoms with Gasteiger partial charge in [0, 0.05) is 18.0 Å². The number of pyridine rings is 2. The summed E-state index contributed by atoms with van der Waals surface area (Å²) in [5.41, 5.74) is -4.17. The van der Waals surface area contributed by atoms with E-state index in [1.807, 2.05) is 0 Å². The van der Waals surface area contributed by atoms with E-state index in [1.165, 1.54) is 29.0 Å². The fraction of sp³-hybridized carbons (Fsp3) is 0.204. The van der Waals surface area contributed by atoms with E-state index in [1.54, 1.807) is 6.92 Å². The van der Waals surface area contributed by atoms with E-state index in [-0.39, 0.29) is 33.8 Å². The first kappa shape index (κ1) is 63.0. The van der Waals surface area contributed by atoms with Crippen LogP contribution in [0.5, 0.6) is 0 Å². The van der Waals surface area contributed by atoms with Gasteiger partial charge in [-0.3, -0.25) is 14.8 Å². The van der Waals surface area contributed by atoms with Gasteiger partial charge in [-0.2, -0.15) is 71.9 Å². The number of carbonyl (C=O) groups is 1. The number of fused-ring (bicyclic) bond motifs is 2. The van der Waals surface area contributed by atoms with Crippen LogP contribution in [0.15, 0.2) is 147 Å². The number of carbonyl (C=O) groups excluding carboxylic acids is 1. The Hall–Kier alpha value is -7.14. The van der Waals surface area contributed by atoms with Gasteiger partial charge in [0.1, 0.15) is 57.2 Å². The Bertz CT molecular complexity index is 3400. The highest BCUT2D eigenvalue weighted by atomic mass is 79.9. The van der Waals surface area contributed by atoms with Gasteiger partial charge in [-0.15, -0.1) is 0 Å². The van der Waals surface area contributed by atoms with Gasteiger partial charge in [0.2, 0.25) is 0 Å². The van der Waals surface area contributed by atoms with E-state index in [9.17, 15) is 57.5 Å². The van der Waals surface area contributed by atoms with Crippen molar-refractivity contribution in [2.75, 3.05) is 17.3 Å². The van der Waals surface area contributed by atoms with Gasteiger partial charge in [0.05, 0.1) is 58.3 Å². The molecule has 9 aromatic rings. The Morgan fingerprint density at radius 2 is 0.889 bits per heavy atom. The van der Waals surface area contributed by atoms with Crippen molar-refractivity contribution in [3.63, 3.8) is 0 Å². The molecule has 3 aromatic carbocycles. The summed E-state index contributed by atoms with van der Waals surface area (Å²) < 4.78 is 162. The van der Waals surface area contributed by atoms with E-state index in [0.29, 0.717) is 17.2 Å². The molecule has 2 atom stereocenters. The van der Waals surface area contributed by atoms with E-state index >= 15 is 0 Å². The number of Topliss-reactive ketones (excluding diaryl/α,β-unsaturated/α-hetero) is 1. The molecule has 11 nitrogen and oxygen atoms in total. The van der Waals surface area contributed by atoms with Gasteiger partial charge in [0.15, 0.2) is 17.1 Å². The predicted molar refractivity (Wildman–Crippen MR) is 287 cm³/mol. The molecule has 0 bridgehead atoms. The van der Waals surface area contributed by atoms with Crippen LogP contribution < -0.4 is 43.5 Å². The number of hydrogen-bond donors (Lipinski definition) is 2. The summed E-state index contributed by atoms with van der Waals surface area (Å²) in [4.78, 5) is 27.1. The Morgan fingerprint density at radius 1 is 0.556 bits per heavy atom. The van der Waals surface area contributed by atoms with Crippen molar-refractivity contribution in [2.24, 2.45) is 0 Å². The molecule has 0 amide bonds. The largest absolute Gasteiger partial charge is 1.00 e. The number of allylic oxidation sites excluding steroid dienone is 1. The summed E-state index contributed by atoms with van der Waals surface area (Å²) in [5, 5.41) is 15.3. The molecule has 0 aliphatic carbocycles. The van der Waals surface area contributed by atoms with Crippen LogP contribution in [0.4, 0.5) is 64.3 Å². The summed E-state index contributed by atoms with van der Waals surface area (Å²) >= 11 is 12.3. The van der Waals surface area contributed by atoms with Gasteiger partial charge in [0.25, 0.3) is 0 Å². The highest BCUT2D eigenvalue weighted by Gasteiger charge is 2.43. The van der Waals surface area contributed by atoms with Crippen LogP contribution in [0.3, 0.4) is 0 Å². The van der Waals surface area contributed by atoms with Crippen LogP contribution in [-0.2, 0) is 12.4 Å². The SMILES string of the molecule is C=C(C)c1cnn2c(NC(C)C(F)(F)F)c(-c3ncccc3C(F)(F)F)c(Cl)nc12.CC(=O)c1cnn2c(NC(C)C(F)(F)F)c(-c3ncccc3C(F)(F)F)c(Cl)nc12.C[P+](c1ccccc1)(c1ccccc1)c1ccccc1.[Br-]. The Kier molecular flexibility index (Phi) is 19.4. The van der Waals surface area contributed by atoms with Crippen LogP contribution >= 0.6 is 30.5 Å². The minimum absolute atomic E-state index is 0. The lowest BCUT2D eigenvalue weighted by atomic mass is 10.1. The number of nitrogens with one attached hydrogen (secondary N) is 2. The van der Waals surface area contributed by atoms with Crippen LogP contribution in [-0.4, -0.2) is 76.0 Å². The zero-order valence-electron chi connectivity index (χ0n) is 42.7. The summed E-state index contributed by atoms with van der Waals surface area (Å²) in [6.07, 6.45) is -14.7. The van der Waals surface area contributed by atoms with Gasteiger partial charge >= 0.3 is 24.7 Å². The third-order valence-electron chi connectivity index (χ3n) is 12.3. The summed E-state index contributed by atoms with van der Waals surface area (Å²) in [5.74, 6) is -1.47. The first-order valence-electron chi connectivity index (χ1n) is 23.5. The Balaban J connectivity index is 0.000000198. The van der Waals surface area contributed by atoms with Gasteiger partial charge in [-0.05, 0) is 93.9 Å². The minimum atomic E-state index is -4.87. The van der Waals surface area contributed by atoms with Crippen LogP contribution in [0.1, 0.15) is 54.7 Å². The third-order valence-corrected chi connectivity index (χ3v) is 16.8. The maximum Gasteiger partial charge on any atom is 0.418 e. The normalized spacial score (nSPS) is 12.8. The number of anilines is 2. The van der Waals surface area contributed by atoms with E-state index in [0.717, 1.165) is 59.7 Å². The average molecular weight is 1260 g/mol. The van der Waals surface area contributed by atoms with Crippen molar-refractivity contribution < 1.29 is 74.5 Å². The molecule has 9 rings (SSSR count). The zero-order chi connectivity index (χ0) is 58.7. The smallest absolute Gasteiger partial charge is 0.418 e. The molecular formula is C54H44BrCl2F12N10OP. The second-order valence-corrected chi connectivity index (χ2v) is 22.1. The third kappa shape index (κ3) is 13.8. The number of hydrogen-bond acceptors (Lipinski definition) is 9. The van der Waals surface area contributed by atoms with E-state index < -0.39 is 105 Å². The number of alkyl halides is 12. The highest BCUT2D eigenvalue weighted by Crippen LogP contribution is 2.51. The minimum Gasteiger partial charge on any atom is -1.00 e. The Labute approximate surface area is 475 Å². The number of nitrogens with zero attached hydrogens (tertiary/aromatic N) is 8. The standard InChI is InChI=1S/C19H18P.C18H14ClF6N5.C17H12ClF6N5O.BrH/c1-20(17-11-5-2-6-12-17,18-13-7-3-8-14-18)19-15-9-4-10-16-19;1-8(2)10-7-27-30-15(10)29-14(19)12(16(30)28-9(3)17(20,21)22)13-11(18(23,24)25)5-4-6-26-13;1-7(30)9-6-26-29-14(9)28-13(18)11(15(29)27-8(2)16(19,20)21)12-10(17(22,23)24)4-3-5-25-12;/h2-16H,1H3;4-7,9,28H,1H2,2-3H3;3-6,8,27H,1-2H3;1H/q+1;;;/p-1. The van der Waals surface area contributed by atoms with Gasteiger partial charge in [-0.25, -0.2) is 9.97 Å². The molecule has 2 N–H and O–H groups in total. The fourth-order valence-corrected chi connectivity index (χ4v) is 11.8. The van der Waals surface area contributed by atoms with Crippen molar-refractivity contribution in [1.82, 2.24) is 39.2 Å². The van der Waals surface area contributed by atoms with Crippen LogP contribution in [0.25, 0.3) is 39.4 Å². The van der Waals surface area contributed by atoms with Crippen LogP contribution in [0, 0.1) is 0 Å². The molecule has 0 saturated carbocycles. The topological polar surface area (TPSA) is 127 Å². The lowest BCUT2D eigenvalue weighted by Crippen LogP contribution is -3.00. The maximum absolute atomic E-state index is 13.5. The molecular weight excluding hydrogens is 1210 g/mol. The van der Waals surface area contributed by atoms with Crippen molar-refractivity contribution in [2.45, 2.75) is 64.5 Å². The second kappa shape index (κ2) is 24.9. The molecule has 2 unspecified atom stereocenters. The molecule has 27 heteroatoms. The quantitative estimate of drug-likeness (QED) is 0.0563. The molecule has 0 radical (unpaired) electrons. The molecule has 0 aliphatic heterocycles. The molecule has 426 valence electrons. The summed E-state index contributed by atoms with van der Waals surface area (Å²) in [6.45, 7) is 10.5. The number of halogens is 15. The van der Waals surface area contributed by atoms with Crippen molar-refractivity contribution in [3.05, 3.63) is 179 Å². The molecule has 0 saturated heterocycles. The Morgan fingerprint density at radius 3 is 1.20 bits per heavy atom. The van der Waals surface area contributed by atoms with Gasteiger partial charge in [-0.1, -0.05) is 84.4 Å². The highest BCUT2D eigenvalue weighted by molar-refractivity contribution is 7.95. The molecule has 81 heavy (non-hydrogen) atoms. The second-order valence-electron chi connectivity index (χ2n) is 17.8. The summed E-state index contributed by atoms with van der Waals surface area (Å²) in [7, 11) is -1.53. The lowest BCUT2D eigenvalue weighted by Gasteiger charge is -2.22. The maximum atomic E-state index is 13.5. The molecule has 0 spiro atoms. The zero-order valence-corrected chi connectivity index (χ0v) is 46.7. The first-order chi connectivity index (χ1) is 37.5. The molecule has 0 fully saturated rings. The number of rotatable bonds is 11. The predicted octanol–water partition coefficient (Wildman–Crippen LogP) is 11.5. The van der Waals surface area contributed by atoms with Crippen LogP contribution in [0.2, 0.25) is 10.3 Å². The van der Waals surface area contributed by atoms with Crippen molar-refractivity contribution in [3.8, 4) is 22.5 Å². The molecule has 6 heterocycles. The monoisotopic (exact) mass is 1260 g/mol. The lowest BCUT2D eigenvalue weighted by molar-refractivity contribution is -0.139. The fourth-order valence-electron chi connectivity index (χ4n) is 8.03. The van der Waals surface area contributed by atoms with Crippen molar-refractivity contribution >= 4 is 80.7 Å². The summed E-state index contributed by atoms with van der Waals surface area (Å²) in [6, 6.07) is 31.9. The number of ketones is 1. The molecule has 0 aliphatic rings. The molecule has 6 aromatic heterocycles. The van der Waals surface area contributed by atoms with Gasteiger partial charge < -0.3 is 27.6 Å². The average Bonchev–Trinajstić information content (AvgIpc) is 4.19.